The van der Waals surface area contributed by atoms with Gasteiger partial charge in [0.2, 0.25) is 0 Å². The van der Waals surface area contributed by atoms with Gasteiger partial charge in [-0.2, -0.15) is 0 Å². The zero-order chi connectivity index (χ0) is 14.0. The first-order chi connectivity index (χ1) is 8.47. The second-order valence-corrected chi connectivity index (χ2v) is 7.10. The molecule has 0 fully saturated rings. The Hall–Kier alpha value is -0.180. The average Bonchev–Trinajstić information content (AvgIpc) is 2.34. The molecule has 18 heavy (non-hydrogen) atoms. The van der Waals surface area contributed by atoms with Crippen molar-refractivity contribution >= 4 is 13.4 Å². The lowest BCUT2D eigenvalue weighted by molar-refractivity contribution is -0.117. The molecule has 0 radical (unpaired) electrons. The fraction of sp³-hybridized carbons (Fsp3) is 0.923. The predicted molar refractivity (Wildman–Crippen MR) is 74.0 cm³/mol. The van der Waals surface area contributed by atoms with Crippen molar-refractivity contribution in [3.63, 3.8) is 0 Å². The Bertz CT molecular complexity index is 270. The minimum atomic E-state index is -3.18. The van der Waals surface area contributed by atoms with Crippen molar-refractivity contribution in [2.45, 2.75) is 52.4 Å². The van der Waals surface area contributed by atoms with Gasteiger partial charge in [-0.15, -0.1) is 0 Å². The summed E-state index contributed by atoms with van der Waals surface area (Å²) >= 11 is 0. The van der Waals surface area contributed by atoms with E-state index in [0.29, 0.717) is 12.3 Å². The van der Waals surface area contributed by atoms with Crippen LogP contribution in [0.3, 0.4) is 0 Å². The van der Waals surface area contributed by atoms with Gasteiger partial charge in [-0.05, 0) is 5.92 Å². The molecule has 0 saturated heterocycles. The summed E-state index contributed by atoms with van der Waals surface area (Å²) in [6.07, 6.45) is 6.26. The molecule has 0 saturated carbocycles. The van der Waals surface area contributed by atoms with Gasteiger partial charge in [0.1, 0.15) is 11.9 Å². The first-order valence-electron chi connectivity index (χ1n) is 6.69. The number of carbonyl (C=O) groups excluding carboxylic acids is 1. The Balaban J connectivity index is 3.90. The molecule has 1 atom stereocenters. The molecular formula is C13H27O4P. The minimum Gasteiger partial charge on any atom is -0.312 e. The summed E-state index contributed by atoms with van der Waals surface area (Å²) in [6, 6.07) is 0. The highest BCUT2D eigenvalue weighted by Gasteiger charge is 2.25. The molecule has 0 spiro atoms. The normalized spacial score (nSPS) is 13.6. The van der Waals surface area contributed by atoms with Gasteiger partial charge < -0.3 is 9.05 Å². The maximum atomic E-state index is 11.8. The summed E-state index contributed by atoms with van der Waals surface area (Å²) in [7, 11) is -0.557. The maximum Gasteiger partial charge on any atom is 0.337 e. The number of rotatable bonds is 11. The van der Waals surface area contributed by atoms with Crippen LogP contribution in [0.1, 0.15) is 52.4 Å². The molecule has 0 amide bonds. The Kier molecular flexibility index (Phi) is 9.61. The maximum absolute atomic E-state index is 11.8. The highest BCUT2D eigenvalue weighted by Crippen LogP contribution is 2.46. The largest absolute Gasteiger partial charge is 0.337 e. The van der Waals surface area contributed by atoms with Crippen molar-refractivity contribution in [2.24, 2.45) is 5.92 Å². The number of unbranched alkanes of at least 4 members (excludes halogenated alkanes) is 3. The van der Waals surface area contributed by atoms with Crippen molar-refractivity contribution in [2.75, 3.05) is 20.4 Å². The second kappa shape index (κ2) is 9.71. The van der Waals surface area contributed by atoms with Crippen LogP contribution in [0.4, 0.5) is 0 Å². The van der Waals surface area contributed by atoms with E-state index in [1.165, 1.54) is 33.5 Å². The van der Waals surface area contributed by atoms with Crippen LogP contribution in [0, 0.1) is 5.92 Å². The molecule has 0 aromatic carbocycles. The van der Waals surface area contributed by atoms with Crippen LogP contribution >= 0.6 is 7.60 Å². The van der Waals surface area contributed by atoms with E-state index in [1.807, 2.05) is 0 Å². The fourth-order valence-corrected chi connectivity index (χ4v) is 2.86. The van der Waals surface area contributed by atoms with E-state index in [-0.39, 0.29) is 11.9 Å². The standard InChI is InChI=1S/C13H27O4P/c1-5-6-7-8-9-12(2)10-13(14)11-18(15,16-3)17-4/h12H,5-11H2,1-4H3/t12-/m0/s1. The van der Waals surface area contributed by atoms with Crippen LogP contribution in [-0.4, -0.2) is 26.2 Å². The summed E-state index contributed by atoms with van der Waals surface area (Å²) in [5.74, 6) is 0.307. The molecule has 0 N–H and O–H groups in total. The fourth-order valence-electron chi connectivity index (χ4n) is 1.89. The predicted octanol–water partition coefficient (Wildman–Crippen LogP) is 4.04. The summed E-state index contributed by atoms with van der Waals surface area (Å²) < 4.78 is 21.3. The Morgan fingerprint density at radius 2 is 1.78 bits per heavy atom. The number of Topliss-reactive ketones (excluding diaryl/α,β-unsaturated/α-hetero) is 1. The number of hydrogen-bond donors (Lipinski definition) is 0. The number of hydrogen-bond acceptors (Lipinski definition) is 4. The van der Waals surface area contributed by atoms with Crippen LogP contribution in [0.5, 0.6) is 0 Å². The number of carbonyl (C=O) groups is 1. The first-order valence-corrected chi connectivity index (χ1v) is 8.42. The lowest BCUT2D eigenvalue weighted by Crippen LogP contribution is -2.11. The van der Waals surface area contributed by atoms with Crippen LogP contribution < -0.4 is 0 Å². The minimum absolute atomic E-state index is 0.0370. The lowest BCUT2D eigenvalue weighted by atomic mass is 9.98. The molecule has 0 rings (SSSR count). The Morgan fingerprint density at radius 1 is 1.17 bits per heavy atom. The smallest absolute Gasteiger partial charge is 0.312 e. The van der Waals surface area contributed by atoms with E-state index in [2.05, 4.69) is 13.8 Å². The van der Waals surface area contributed by atoms with Gasteiger partial charge >= 0.3 is 7.60 Å². The molecule has 5 heteroatoms. The zero-order valence-corrected chi connectivity index (χ0v) is 13.0. The summed E-state index contributed by atoms with van der Waals surface area (Å²) in [5, 5.41) is 0. The van der Waals surface area contributed by atoms with Crippen molar-refractivity contribution in [1.82, 2.24) is 0 Å². The van der Waals surface area contributed by atoms with E-state index >= 15 is 0 Å². The van der Waals surface area contributed by atoms with E-state index in [1.54, 1.807) is 0 Å². The third-order valence-corrected chi connectivity index (χ3v) is 4.91. The highest BCUT2D eigenvalue weighted by molar-refractivity contribution is 7.54. The lowest BCUT2D eigenvalue weighted by Gasteiger charge is -2.14. The Labute approximate surface area is 111 Å². The molecule has 0 aromatic heterocycles. The molecule has 0 aliphatic heterocycles. The summed E-state index contributed by atoms with van der Waals surface area (Å²) in [5.41, 5.74) is 0. The molecule has 0 bridgehead atoms. The number of ketones is 1. The van der Waals surface area contributed by atoms with Gasteiger partial charge in [-0.3, -0.25) is 9.36 Å². The van der Waals surface area contributed by atoms with E-state index in [4.69, 9.17) is 9.05 Å². The zero-order valence-electron chi connectivity index (χ0n) is 12.1. The van der Waals surface area contributed by atoms with Gasteiger partial charge in [-0.25, -0.2) is 0 Å². The van der Waals surface area contributed by atoms with Crippen molar-refractivity contribution in [3.8, 4) is 0 Å². The first kappa shape index (κ1) is 17.8. The molecule has 0 unspecified atom stereocenters. The van der Waals surface area contributed by atoms with Crippen LogP contribution in [0.15, 0.2) is 0 Å². The monoisotopic (exact) mass is 278 g/mol. The topological polar surface area (TPSA) is 52.6 Å². The highest BCUT2D eigenvalue weighted by atomic mass is 31.2. The van der Waals surface area contributed by atoms with Gasteiger partial charge in [0.05, 0.1) is 0 Å². The van der Waals surface area contributed by atoms with Gasteiger partial charge in [-0.1, -0.05) is 46.0 Å². The van der Waals surface area contributed by atoms with Crippen LogP contribution in [0.25, 0.3) is 0 Å². The third kappa shape index (κ3) is 8.02. The van der Waals surface area contributed by atoms with Gasteiger partial charge in [0, 0.05) is 20.6 Å². The van der Waals surface area contributed by atoms with Crippen molar-refractivity contribution in [3.05, 3.63) is 0 Å². The summed E-state index contributed by atoms with van der Waals surface area (Å²) in [6.45, 7) is 4.24. The van der Waals surface area contributed by atoms with E-state index in [9.17, 15) is 9.36 Å². The quantitative estimate of drug-likeness (QED) is 0.423. The molecule has 0 aromatic rings. The Morgan fingerprint density at radius 3 is 2.28 bits per heavy atom. The molecule has 4 nitrogen and oxygen atoms in total. The molecule has 108 valence electrons. The molecule has 0 heterocycles. The van der Waals surface area contributed by atoms with Crippen LogP contribution in [0.2, 0.25) is 0 Å². The summed E-state index contributed by atoms with van der Waals surface area (Å²) in [4.78, 5) is 11.7. The van der Waals surface area contributed by atoms with Gasteiger partial charge in [0.25, 0.3) is 0 Å². The third-order valence-electron chi connectivity index (χ3n) is 3.05. The molecular weight excluding hydrogens is 251 g/mol. The molecule has 0 aliphatic carbocycles. The molecule has 0 aliphatic rings. The van der Waals surface area contributed by atoms with Crippen molar-refractivity contribution < 1.29 is 18.4 Å². The van der Waals surface area contributed by atoms with Gasteiger partial charge in [0.15, 0.2) is 0 Å². The SMILES string of the molecule is CCCCCC[C@H](C)CC(=O)CP(=O)(OC)OC. The van der Waals surface area contributed by atoms with E-state index in [0.717, 1.165) is 12.8 Å². The van der Waals surface area contributed by atoms with Crippen LogP contribution in [-0.2, 0) is 18.4 Å². The van der Waals surface area contributed by atoms with E-state index < -0.39 is 7.60 Å². The second-order valence-electron chi connectivity index (χ2n) is 4.83. The van der Waals surface area contributed by atoms with Crippen molar-refractivity contribution in [1.29, 1.82) is 0 Å². The average molecular weight is 278 g/mol.